The van der Waals surface area contributed by atoms with Crippen molar-refractivity contribution < 1.29 is 4.79 Å². The van der Waals surface area contributed by atoms with Gasteiger partial charge in [0, 0.05) is 18.4 Å². The molecule has 2 N–H and O–H groups in total. The molecule has 0 spiro atoms. The first-order valence-electron chi connectivity index (χ1n) is 5.90. The Morgan fingerprint density at radius 2 is 2.22 bits per heavy atom. The summed E-state index contributed by atoms with van der Waals surface area (Å²) in [5, 5.41) is 4.03. The van der Waals surface area contributed by atoms with Crippen LogP contribution in [-0.4, -0.2) is 22.2 Å². The summed E-state index contributed by atoms with van der Waals surface area (Å²) in [7, 11) is 0. The van der Waals surface area contributed by atoms with Gasteiger partial charge < -0.3 is 10.6 Å². The molecule has 2 aromatic rings. The smallest absolute Gasteiger partial charge is 0.248 e. The maximum absolute atomic E-state index is 12.2. The number of carbonyl (C=O) groups excluding carboxylic acids is 1. The molecular formula is C13H14N4O. The molecule has 0 unspecified atom stereocenters. The number of benzene rings is 1. The summed E-state index contributed by atoms with van der Waals surface area (Å²) in [5.74, 6) is 0.0445. The van der Waals surface area contributed by atoms with Crippen molar-refractivity contribution >= 4 is 17.3 Å². The second-order valence-corrected chi connectivity index (χ2v) is 4.40. The zero-order chi connectivity index (χ0) is 12.5. The lowest BCUT2D eigenvalue weighted by atomic mass is 10.2. The average molecular weight is 242 g/mol. The van der Waals surface area contributed by atoms with Crippen molar-refractivity contribution in [2.24, 2.45) is 0 Å². The predicted molar refractivity (Wildman–Crippen MR) is 69.1 cm³/mol. The second kappa shape index (κ2) is 4.18. The van der Waals surface area contributed by atoms with Crippen LogP contribution in [0.25, 0.3) is 0 Å². The molecule has 0 saturated heterocycles. The van der Waals surface area contributed by atoms with E-state index >= 15 is 0 Å². The number of hydrogen-bond acceptors (Lipinski definition) is 3. The number of anilines is 2. The molecule has 5 heteroatoms. The average Bonchev–Trinajstić information content (AvgIpc) is 2.95. The van der Waals surface area contributed by atoms with E-state index in [1.54, 1.807) is 17.1 Å². The molecule has 3 rings (SSSR count). The Morgan fingerprint density at radius 1 is 1.39 bits per heavy atom. The SMILES string of the molecule is Nc1cnn(CC(=O)N2CCc3ccccc32)c1. The molecule has 0 aliphatic carbocycles. The van der Waals surface area contributed by atoms with Gasteiger partial charge in [-0.05, 0) is 18.1 Å². The van der Waals surface area contributed by atoms with Crippen LogP contribution in [0.1, 0.15) is 5.56 Å². The van der Waals surface area contributed by atoms with E-state index in [-0.39, 0.29) is 12.5 Å². The molecule has 0 atom stereocenters. The number of fused-ring (bicyclic) bond motifs is 1. The Morgan fingerprint density at radius 3 is 3.00 bits per heavy atom. The standard InChI is InChI=1S/C13H14N4O/c14-11-7-15-16(8-11)9-13(18)17-6-5-10-3-1-2-4-12(10)17/h1-4,7-8H,5-6,9,14H2. The number of nitrogens with two attached hydrogens (primary N) is 1. The molecule has 2 heterocycles. The van der Waals surface area contributed by atoms with Gasteiger partial charge in [0.15, 0.2) is 0 Å². The molecule has 1 amide bonds. The first-order chi connectivity index (χ1) is 8.74. The molecule has 92 valence electrons. The van der Waals surface area contributed by atoms with Crippen LogP contribution in [0.3, 0.4) is 0 Å². The maximum Gasteiger partial charge on any atom is 0.248 e. The number of aromatic nitrogens is 2. The molecule has 0 saturated carbocycles. The van der Waals surface area contributed by atoms with Crippen LogP contribution in [0.15, 0.2) is 36.7 Å². The van der Waals surface area contributed by atoms with Gasteiger partial charge in [-0.3, -0.25) is 9.48 Å². The zero-order valence-electron chi connectivity index (χ0n) is 9.91. The number of rotatable bonds is 2. The summed E-state index contributed by atoms with van der Waals surface area (Å²) < 4.78 is 1.57. The highest BCUT2D eigenvalue weighted by Crippen LogP contribution is 2.27. The van der Waals surface area contributed by atoms with Crippen LogP contribution in [0.2, 0.25) is 0 Å². The summed E-state index contributed by atoms with van der Waals surface area (Å²) in [6.45, 7) is 0.973. The first kappa shape index (κ1) is 10.8. The highest BCUT2D eigenvalue weighted by Gasteiger charge is 2.24. The Kier molecular flexibility index (Phi) is 2.51. The fourth-order valence-corrected chi connectivity index (χ4v) is 2.29. The molecule has 1 aromatic heterocycles. The fourth-order valence-electron chi connectivity index (χ4n) is 2.29. The van der Waals surface area contributed by atoms with E-state index in [1.807, 2.05) is 23.1 Å². The number of carbonyl (C=O) groups is 1. The number of nitrogens with zero attached hydrogens (tertiary/aromatic N) is 3. The van der Waals surface area contributed by atoms with E-state index < -0.39 is 0 Å². The van der Waals surface area contributed by atoms with Crippen molar-refractivity contribution in [2.75, 3.05) is 17.2 Å². The summed E-state index contributed by atoms with van der Waals surface area (Å²) in [6, 6.07) is 8.00. The summed E-state index contributed by atoms with van der Waals surface area (Å²) in [4.78, 5) is 14.0. The lowest BCUT2D eigenvalue weighted by Gasteiger charge is -2.17. The highest BCUT2D eigenvalue weighted by atomic mass is 16.2. The van der Waals surface area contributed by atoms with Gasteiger partial charge in [-0.15, -0.1) is 0 Å². The monoisotopic (exact) mass is 242 g/mol. The van der Waals surface area contributed by atoms with Gasteiger partial charge in [0.05, 0.1) is 11.9 Å². The van der Waals surface area contributed by atoms with Crippen molar-refractivity contribution in [1.29, 1.82) is 0 Å². The summed E-state index contributed by atoms with van der Waals surface area (Å²) in [5.41, 5.74) is 8.39. The van der Waals surface area contributed by atoms with Crippen LogP contribution >= 0.6 is 0 Å². The van der Waals surface area contributed by atoms with E-state index in [1.165, 1.54) is 5.56 Å². The van der Waals surface area contributed by atoms with Crippen LogP contribution in [-0.2, 0) is 17.8 Å². The second-order valence-electron chi connectivity index (χ2n) is 4.40. The maximum atomic E-state index is 12.2. The van der Waals surface area contributed by atoms with Crippen LogP contribution in [0.5, 0.6) is 0 Å². The lowest BCUT2D eigenvalue weighted by Crippen LogP contribution is -2.32. The van der Waals surface area contributed by atoms with E-state index in [4.69, 9.17) is 5.73 Å². The van der Waals surface area contributed by atoms with E-state index in [0.717, 1.165) is 18.7 Å². The van der Waals surface area contributed by atoms with Crippen LogP contribution < -0.4 is 10.6 Å². The molecular weight excluding hydrogens is 228 g/mol. The van der Waals surface area contributed by atoms with Crippen molar-refractivity contribution in [3.8, 4) is 0 Å². The Bertz CT molecular complexity index is 590. The summed E-state index contributed by atoms with van der Waals surface area (Å²) in [6.07, 6.45) is 4.13. The summed E-state index contributed by atoms with van der Waals surface area (Å²) >= 11 is 0. The Hall–Kier alpha value is -2.30. The molecule has 18 heavy (non-hydrogen) atoms. The van der Waals surface area contributed by atoms with Crippen molar-refractivity contribution in [1.82, 2.24) is 9.78 Å². The van der Waals surface area contributed by atoms with E-state index in [9.17, 15) is 4.79 Å². The highest BCUT2D eigenvalue weighted by molar-refractivity contribution is 5.95. The van der Waals surface area contributed by atoms with E-state index in [0.29, 0.717) is 5.69 Å². The van der Waals surface area contributed by atoms with Crippen molar-refractivity contribution in [3.63, 3.8) is 0 Å². The third-order valence-corrected chi connectivity index (χ3v) is 3.14. The van der Waals surface area contributed by atoms with Crippen LogP contribution in [0.4, 0.5) is 11.4 Å². The van der Waals surface area contributed by atoms with Gasteiger partial charge in [0.2, 0.25) is 5.91 Å². The quantitative estimate of drug-likeness (QED) is 0.856. The Labute approximate surface area is 105 Å². The van der Waals surface area contributed by atoms with Crippen molar-refractivity contribution in [2.45, 2.75) is 13.0 Å². The number of nitrogen functional groups attached to an aromatic ring is 1. The van der Waals surface area contributed by atoms with Crippen LogP contribution in [0, 0.1) is 0 Å². The number of hydrogen-bond donors (Lipinski definition) is 1. The molecule has 0 fully saturated rings. The molecule has 1 aromatic carbocycles. The molecule has 1 aliphatic heterocycles. The third-order valence-electron chi connectivity index (χ3n) is 3.14. The minimum atomic E-state index is 0.0445. The largest absolute Gasteiger partial charge is 0.396 e. The van der Waals surface area contributed by atoms with Gasteiger partial charge in [0.1, 0.15) is 6.54 Å². The minimum absolute atomic E-state index is 0.0445. The third kappa shape index (κ3) is 1.84. The van der Waals surface area contributed by atoms with E-state index in [2.05, 4.69) is 11.2 Å². The van der Waals surface area contributed by atoms with Gasteiger partial charge in [-0.25, -0.2) is 0 Å². The molecule has 0 bridgehead atoms. The van der Waals surface area contributed by atoms with Gasteiger partial charge in [0.25, 0.3) is 0 Å². The van der Waals surface area contributed by atoms with Gasteiger partial charge in [-0.2, -0.15) is 5.10 Å². The lowest BCUT2D eigenvalue weighted by molar-refractivity contribution is -0.119. The molecule has 1 aliphatic rings. The fraction of sp³-hybridized carbons (Fsp3) is 0.231. The normalized spacial score (nSPS) is 13.7. The molecule has 0 radical (unpaired) electrons. The number of para-hydroxylation sites is 1. The van der Waals surface area contributed by atoms with Gasteiger partial charge >= 0.3 is 0 Å². The minimum Gasteiger partial charge on any atom is -0.396 e. The number of amides is 1. The van der Waals surface area contributed by atoms with Gasteiger partial charge in [-0.1, -0.05) is 18.2 Å². The zero-order valence-corrected chi connectivity index (χ0v) is 9.91. The predicted octanol–water partition coefficient (Wildman–Crippen LogP) is 1.05. The topological polar surface area (TPSA) is 64.1 Å². The molecule has 5 nitrogen and oxygen atoms in total. The van der Waals surface area contributed by atoms with Crippen molar-refractivity contribution in [3.05, 3.63) is 42.2 Å². The first-order valence-corrected chi connectivity index (χ1v) is 5.90. The Balaban J connectivity index is 1.78.